The van der Waals surface area contributed by atoms with Gasteiger partial charge < -0.3 is 10.1 Å². The number of carbonyl (C=O) groups is 1. The summed E-state index contributed by atoms with van der Waals surface area (Å²) >= 11 is 0. The highest BCUT2D eigenvalue weighted by atomic mass is 19.4. The molecule has 0 bridgehead atoms. The van der Waals surface area contributed by atoms with Crippen LogP contribution >= 0.6 is 0 Å². The zero-order chi connectivity index (χ0) is 23.5. The first-order valence-electron chi connectivity index (χ1n) is 7.94. The Kier molecular flexibility index (Phi) is 8.19. The number of hydrogen-bond acceptors (Lipinski definition) is 2. The first-order chi connectivity index (χ1) is 12.7. The summed E-state index contributed by atoms with van der Waals surface area (Å²) in [6.07, 6.45) is -7.31. The minimum atomic E-state index is -7.76. The van der Waals surface area contributed by atoms with Gasteiger partial charge in [0.2, 0.25) is 0 Å². The Balaban J connectivity index is 5.57. The smallest absolute Gasteiger partial charge is 0.379 e. The molecule has 3 nitrogen and oxygen atoms in total. The van der Waals surface area contributed by atoms with Gasteiger partial charge in [-0.15, -0.1) is 0 Å². The molecule has 0 fully saturated rings. The van der Waals surface area contributed by atoms with Crippen LogP contribution in [0.2, 0.25) is 0 Å². The van der Waals surface area contributed by atoms with Crippen LogP contribution in [0.25, 0.3) is 0 Å². The Hall–Kier alpha value is -1.57. The molecular formula is C14H17F12NO2. The van der Waals surface area contributed by atoms with Gasteiger partial charge in [0.25, 0.3) is 0 Å². The molecule has 0 spiro atoms. The molecule has 0 atom stereocenters. The highest BCUT2D eigenvalue weighted by Crippen LogP contribution is 2.60. The summed E-state index contributed by atoms with van der Waals surface area (Å²) in [4.78, 5) is 11.0. The van der Waals surface area contributed by atoms with Crippen molar-refractivity contribution >= 4 is 6.09 Å². The van der Waals surface area contributed by atoms with Crippen molar-refractivity contribution in [3.63, 3.8) is 0 Å². The molecule has 0 saturated heterocycles. The van der Waals surface area contributed by atoms with E-state index in [1.807, 2.05) is 0 Å². The molecule has 0 rings (SSSR count). The molecule has 0 heterocycles. The van der Waals surface area contributed by atoms with Gasteiger partial charge in [0.1, 0.15) is 0 Å². The number of nitrogens with one attached hydrogen (secondary N) is 1. The number of unbranched alkanes of at least 4 members (excludes halogenated alkanes) is 3. The maximum absolute atomic E-state index is 13.4. The molecule has 29 heavy (non-hydrogen) atoms. The van der Waals surface area contributed by atoms with Crippen molar-refractivity contribution in [1.82, 2.24) is 5.32 Å². The summed E-state index contributed by atoms with van der Waals surface area (Å²) in [5.74, 6) is -36.1. The minimum Gasteiger partial charge on any atom is -0.379 e. The van der Waals surface area contributed by atoms with Crippen LogP contribution in [-0.2, 0) is 4.74 Å². The van der Waals surface area contributed by atoms with Crippen LogP contribution in [0.5, 0.6) is 0 Å². The van der Waals surface area contributed by atoms with Crippen LogP contribution in [0.4, 0.5) is 57.5 Å². The van der Waals surface area contributed by atoms with Gasteiger partial charge in [-0.25, -0.2) is 4.79 Å². The predicted molar refractivity (Wildman–Crippen MR) is 74.0 cm³/mol. The van der Waals surface area contributed by atoms with E-state index in [2.05, 4.69) is 4.74 Å². The molecule has 0 aromatic heterocycles. The Morgan fingerprint density at radius 3 is 1.59 bits per heavy atom. The van der Waals surface area contributed by atoms with Gasteiger partial charge in [0, 0.05) is 13.5 Å². The fraction of sp³-hybridized carbons (Fsp3) is 0.929. The Labute approximate surface area is 156 Å². The second-order valence-corrected chi connectivity index (χ2v) is 6.08. The highest BCUT2D eigenvalue weighted by molar-refractivity contribution is 5.67. The molecule has 174 valence electrons. The van der Waals surface area contributed by atoms with Crippen molar-refractivity contribution in [3.05, 3.63) is 0 Å². The normalized spacial score (nSPS) is 14.7. The average molecular weight is 459 g/mol. The van der Waals surface area contributed by atoms with E-state index in [9.17, 15) is 57.5 Å². The van der Waals surface area contributed by atoms with Crippen LogP contribution < -0.4 is 5.32 Å². The summed E-state index contributed by atoms with van der Waals surface area (Å²) in [5, 5.41) is 1.44. The zero-order valence-corrected chi connectivity index (χ0v) is 14.9. The number of alkyl carbamates (subject to hydrolysis) is 1. The van der Waals surface area contributed by atoms with Gasteiger partial charge in [0.15, 0.2) is 0 Å². The third-order valence-corrected chi connectivity index (χ3v) is 3.62. The fourth-order valence-electron chi connectivity index (χ4n) is 1.81. The topological polar surface area (TPSA) is 38.3 Å². The second kappa shape index (κ2) is 8.66. The number of carbonyl (C=O) groups excluding carboxylic acids is 1. The maximum Gasteiger partial charge on any atom is 0.474 e. The van der Waals surface area contributed by atoms with Crippen LogP contribution in [0.1, 0.15) is 39.5 Å². The summed E-state index contributed by atoms with van der Waals surface area (Å²) in [6.45, 7) is 0.321. The zero-order valence-electron chi connectivity index (χ0n) is 14.9. The third kappa shape index (κ3) is 5.13. The van der Waals surface area contributed by atoms with Crippen LogP contribution in [0, 0.1) is 0 Å². The quantitative estimate of drug-likeness (QED) is 0.300. The summed E-state index contributed by atoms with van der Waals surface area (Å²) in [5.41, 5.74) is 0. The first-order valence-corrected chi connectivity index (χ1v) is 7.94. The molecule has 0 radical (unpaired) electrons. The number of hydrogen-bond donors (Lipinski definition) is 1. The van der Waals surface area contributed by atoms with Crippen LogP contribution in [0.3, 0.4) is 0 Å². The molecule has 0 aliphatic heterocycles. The molecule has 0 aromatic carbocycles. The van der Waals surface area contributed by atoms with Crippen molar-refractivity contribution in [1.29, 1.82) is 0 Å². The Morgan fingerprint density at radius 1 is 0.724 bits per heavy atom. The van der Waals surface area contributed by atoms with Gasteiger partial charge in [-0.05, 0) is 6.42 Å². The molecule has 15 heteroatoms. The molecular weight excluding hydrogens is 442 g/mol. The molecule has 0 unspecified atom stereocenters. The van der Waals surface area contributed by atoms with Gasteiger partial charge in [-0.3, -0.25) is 0 Å². The summed E-state index contributed by atoms with van der Waals surface area (Å²) in [7, 11) is 0. The largest absolute Gasteiger partial charge is 0.474 e. The van der Waals surface area contributed by atoms with Crippen molar-refractivity contribution in [3.8, 4) is 0 Å². The average Bonchev–Trinajstić information content (AvgIpc) is 2.52. The lowest BCUT2D eigenvalue weighted by Gasteiger charge is -2.39. The van der Waals surface area contributed by atoms with Crippen molar-refractivity contribution in [2.75, 3.05) is 6.54 Å². The standard InChI is InChI=1S/C14H17F12NO2/c1-3-4-5-6-7-27-8(28)29-14(25,26)13(23,24)12(21,22)11(19,20)10(17,18)9(2,15)16/h3-7H2,1-2H3,(H,27,28). The van der Waals surface area contributed by atoms with Crippen LogP contribution in [-0.4, -0.2) is 48.4 Å². The molecule has 0 aliphatic rings. The highest BCUT2D eigenvalue weighted by Gasteiger charge is 2.90. The predicted octanol–water partition coefficient (Wildman–Crippen LogP) is 6.08. The number of amides is 1. The van der Waals surface area contributed by atoms with Crippen molar-refractivity contribution in [2.45, 2.75) is 75.3 Å². The second-order valence-electron chi connectivity index (χ2n) is 6.08. The van der Waals surface area contributed by atoms with E-state index in [1.54, 1.807) is 6.92 Å². The number of ether oxygens (including phenoxy) is 1. The van der Waals surface area contributed by atoms with Crippen molar-refractivity contribution in [2.24, 2.45) is 0 Å². The summed E-state index contributed by atoms with van der Waals surface area (Å²) < 4.78 is 160. The minimum absolute atomic E-state index is 0.122. The number of halogens is 12. The lowest BCUT2D eigenvalue weighted by atomic mass is 9.94. The molecule has 0 aromatic rings. The van der Waals surface area contributed by atoms with E-state index in [-0.39, 0.29) is 6.42 Å². The Morgan fingerprint density at radius 2 is 1.17 bits per heavy atom. The molecule has 0 saturated carbocycles. The lowest BCUT2D eigenvalue weighted by Crippen LogP contribution is -2.70. The fourth-order valence-corrected chi connectivity index (χ4v) is 1.81. The molecule has 0 aliphatic carbocycles. The van der Waals surface area contributed by atoms with Crippen molar-refractivity contribution < 1.29 is 62.2 Å². The van der Waals surface area contributed by atoms with E-state index >= 15 is 0 Å². The van der Waals surface area contributed by atoms with E-state index < -0.39 is 55.3 Å². The van der Waals surface area contributed by atoms with Gasteiger partial charge >= 0.3 is 41.8 Å². The number of alkyl halides is 12. The van der Waals surface area contributed by atoms with Crippen LogP contribution in [0.15, 0.2) is 0 Å². The first kappa shape index (κ1) is 27.4. The molecule has 1 amide bonds. The van der Waals surface area contributed by atoms with E-state index in [0.29, 0.717) is 19.3 Å². The van der Waals surface area contributed by atoms with E-state index in [4.69, 9.17) is 0 Å². The van der Waals surface area contributed by atoms with E-state index in [0.717, 1.165) is 0 Å². The third-order valence-electron chi connectivity index (χ3n) is 3.62. The maximum atomic E-state index is 13.4. The monoisotopic (exact) mass is 459 g/mol. The van der Waals surface area contributed by atoms with Gasteiger partial charge in [0.05, 0.1) is 0 Å². The van der Waals surface area contributed by atoms with Gasteiger partial charge in [-0.2, -0.15) is 52.7 Å². The van der Waals surface area contributed by atoms with E-state index in [1.165, 1.54) is 5.32 Å². The molecule has 1 N–H and O–H groups in total. The summed E-state index contributed by atoms with van der Waals surface area (Å²) in [6, 6.07) is 0. The number of rotatable bonds is 11. The lowest BCUT2D eigenvalue weighted by molar-refractivity contribution is -0.448. The SMILES string of the molecule is CCCCCCNC(=O)OC(F)(F)C(F)(F)C(F)(F)C(F)(F)C(F)(F)C(C)(F)F. The van der Waals surface area contributed by atoms with Gasteiger partial charge in [-0.1, -0.05) is 26.2 Å². The Bertz CT molecular complexity index is 559.